The average Bonchev–Trinajstić information content (AvgIpc) is 3.20. The highest BCUT2D eigenvalue weighted by molar-refractivity contribution is 8.02. The summed E-state index contributed by atoms with van der Waals surface area (Å²) < 4.78 is 0.810. The van der Waals surface area contributed by atoms with Crippen molar-refractivity contribution in [1.29, 1.82) is 0 Å². The van der Waals surface area contributed by atoms with Crippen LogP contribution in [0, 0.1) is 0 Å². The molecule has 2 aromatic rings. The fourth-order valence-corrected chi connectivity index (χ4v) is 4.56. The number of thioether (sulfide) groups is 1. The molecule has 0 unspecified atom stereocenters. The van der Waals surface area contributed by atoms with Gasteiger partial charge in [0.25, 0.3) is 0 Å². The molecule has 27 heavy (non-hydrogen) atoms. The maximum Gasteiger partial charge on any atom is 0.235 e. The molecule has 1 aliphatic rings. The molecule has 1 aliphatic heterocycles. The van der Waals surface area contributed by atoms with E-state index < -0.39 is 0 Å². The second kappa shape index (κ2) is 9.82. The molecule has 2 heterocycles. The van der Waals surface area contributed by atoms with E-state index in [9.17, 15) is 9.59 Å². The highest BCUT2D eigenvalue weighted by Gasteiger charge is 2.26. The zero-order chi connectivity index (χ0) is 19.1. The molecule has 0 radical (unpaired) electrons. The fourth-order valence-electron chi connectivity index (χ4n) is 2.85. The minimum atomic E-state index is -0.182. The van der Waals surface area contributed by atoms with E-state index in [1.165, 1.54) is 23.1 Å². The number of carbonyl (C=O) groups is 2. The summed E-state index contributed by atoms with van der Waals surface area (Å²) in [6.07, 6.45) is 0. The van der Waals surface area contributed by atoms with Gasteiger partial charge in [-0.05, 0) is 12.5 Å². The van der Waals surface area contributed by atoms with Gasteiger partial charge in [0.2, 0.25) is 11.8 Å². The first-order valence-corrected chi connectivity index (χ1v) is 10.6. The number of aromatic nitrogens is 2. The van der Waals surface area contributed by atoms with Crippen LogP contribution in [-0.2, 0) is 16.1 Å². The Balaban J connectivity index is 1.38. The van der Waals surface area contributed by atoms with Crippen molar-refractivity contribution in [3.8, 4) is 0 Å². The number of piperazine rings is 1. The largest absolute Gasteiger partial charge is 0.351 e. The number of benzene rings is 1. The second-order valence-corrected chi connectivity index (χ2v) is 8.75. The molecule has 7 nitrogen and oxygen atoms in total. The maximum absolute atomic E-state index is 12.6. The zero-order valence-electron chi connectivity index (χ0n) is 15.2. The van der Waals surface area contributed by atoms with Gasteiger partial charge in [0.05, 0.1) is 11.8 Å². The van der Waals surface area contributed by atoms with E-state index in [1.54, 1.807) is 5.51 Å². The Labute approximate surface area is 167 Å². The van der Waals surface area contributed by atoms with Crippen molar-refractivity contribution in [2.24, 2.45) is 0 Å². The summed E-state index contributed by atoms with van der Waals surface area (Å²) in [4.78, 5) is 28.7. The van der Waals surface area contributed by atoms with Crippen LogP contribution < -0.4 is 5.32 Å². The molecule has 2 amide bonds. The van der Waals surface area contributed by atoms with Gasteiger partial charge in [0.15, 0.2) is 4.34 Å². The highest BCUT2D eigenvalue weighted by Crippen LogP contribution is 2.25. The van der Waals surface area contributed by atoms with E-state index in [0.29, 0.717) is 39.3 Å². The average molecular weight is 406 g/mol. The number of hydrogen-bond acceptors (Lipinski definition) is 7. The predicted octanol–water partition coefficient (Wildman–Crippen LogP) is 1.48. The quantitative estimate of drug-likeness (QED) is 0.703. The lowest BCUT2D eigenvalue weighted by Crippen LogP contribution is -2.52. The fraction of sp³-hybridized carbons (Fsp3) is 0.444. The summed E-state index contributed by atoms with van der Waals surface area (Å²) in [6, 6.07) is 9.86. The van der Waals surface area contributed by atoms with Crippen LogP contribution in [-0.4, -0.2) is 69.8 Å². The van der Waals surface area contributed by atoms with Crippen LogP contribution in [0.15, 0.2) is 40.2 Å². The third kappa shape index (κ3) is 6.02. The standard InChI is InChI=1S/C18H23N5O2S2/c1-14(27-18-21-20-13-26-18)17(25)23-9-7-22(8-10-23)12-16(24)19-11-15-5-3-2-4-6-15/h2-6,13-14H,7-12H2,1H3,(H,19,24)/t14-/m0/s1. The van der Waals surface area contributed by atoms with E-state index >= 15 is 0 Å². The summed E-state index contributed by atoms with van der Waals surface area (Å²) in [6.45, 7) is 5.51. The Morgan fingerprint density at radius 1 is 1.22 bits per heavy atom. The van der Waals surface area contributed by atoms with Crippen LogP contribution in [0.1, 0.15) is 12.5 Å². The van der Waals surface area contributed by atoms with Crippen molar-refractivity contribution in [1.82, 2.24) is 25.3 Å². The van der Waals surface area contributed by atoms with Crippen molar-refractivity contribution in [3.63, 3.8) is 0 Å². The molecule has 9 heteroatoms. The lowest BCUT2D eigenvalue weighted by atomic mass is 10.2. The van der Waals surface area contributed by atoms with Gasteiger partial charge in [-0.3, -0.25) is 14.5 Å². The Bertz CT molecular complexity index is 733. The molecule has 0 bridgehead atoms. The van der Waals surface area contributed by atoms with E-state index in [1.807, 2.05) is 42.2 Å². The Hall–Kier alpha value is -1.97. The number of hydrogen-bond donors (Lipinski definition) is 1. The Kier molecular flexibility index (Phi) is 7.19. The van der Waals surface area contributed by atoms with Crippen molar-refractivity contribution in [2.45, 2.75) is 23.1 Å². The molecule has 3 rings (SSSR count). The molecule has 1 N–H and O–H groups in total. The van der Waals surface area contributed by atoms with Crippen LogP contribution in [0.3, 0.4) is 0 Å². The number of rotatable bonds is 7. The second-order valence-electron chi connectivity index (χ2n) is 6.33. The minimum absolute atomic E-state index is 0.0128. The molecular formula is C18H23N5O2S2. The Morgan fingerprint density at radius 3 is 2.63 bits per heavy atom. The first-order chi connectivity index (χ1) is 13.1. The van der Waals surface area contributed by atoms with Gasteiger partial charge in [0, 0.05) is 32.7 Å². The zero-order valence-corrected chi connectivity index (χ0v) is 16.8. The molecule has 0 aliphatic carbocycles. The summed E-state index contributed by atoms with van der Waals surface area (Å²) in [5.74, 6) is 0.127. The normalized spacial score (nSPS) is 16.1. The van der Waals surface area contributed by atoms with Gasteiger partial charge in [-0.15, -0.1) is 10.2 Å². The molecule has 0 saturated carbocycles. The van der Waals surface area contributed by atoms with Crippen molar-refractivity contribution < 1.29 is 9.59 Å². The molecule has 1 saturated heterocycles. The molecular weight excluding hydrogens is 382 g/mol. The maximum atomic E-state index is 12.6. The third-order valence-corrected chi connectivity index (χ3v) is 6.25. The molecule has 1 fully saturated rings. The van der Waals surface area contributed by atoms with Crippen LogP contribution in [0.5, 0.6) is 0 Å². The van der Waals surface area contributed by atoms with E-state index in [-0.39, 0.29) is 17.1 Å². The summed E-state index contributed by atoms with van der Waals surface area (Å²) >= 11 is 2.89. The highest BCUT2D eigenvalue weighted by atomic mass is 32.2. The molecule has 1 aromatic carbocycles. The minimum Gasteiger partial charge on any atom is -0.351 e. The SMILES string of the molecule is C[C@H](Sc1nncs1)C(=O)N1CCN(CC(=O)NCc2ccccc2)CC1. The van der Waals surface area contributed by atoms with Crippen LogP contribution in [0.2, 0.25) is 0 Å². The first-order valence-electron chi connectivity index (χ1n) is 8.86. The monoisotopic (exact) mass is 405 g/mol. The Morgan fingerprint density at radius 2 is 1.96 bits per heavy atom. The molecule has 0 spiro atoms. The summed E-state index contributed by atoms with van der Waals surface area (Å²) in [5, 5.41) is 10.5. The number of carbonyl (C=O) groups excluding carboxylic acids is 2. The molecule has 1 atom stereocenters. The van der Waals surface area contributed by atoms with Crippen molar-refractivity contribution >= 4 is 34.9 Å². The van der Waals surface area contributed by atoms with Gasteiger partial charge < -0.3 is 10.2 Å². The van der Waals surface area contributed by atoms with Crippen molar-refractivity contribution in [3.05, 3.63) is 41.4 Å². The van der Waals surface area contributed by atoms with E-state index in [0.717, 1.165) is 9.90 Å². The van der Waals surface area contributed by atoms with Crippen LogP contribution in [0.25, 0.3) is 0 Å². The van der Waals surface area contributed by atoms with Crippen molar-refractivity contribution in [2.75, 3.05) is 32.7 Å². The van der Waals surface area contributed by atoms with Crippen LogP contribution in [0.4, 0.5) is 0 Å². The molecule has 144 valence electrons. The number of nitrogens with zero attached hydrogens (tertiary/aromatic N) is 4. The van der Waals surface area contributed by atoms with Gasteiger partial charge >= 0.3 is 0 Å². The van der Waals surface area contributed by atoms with E-state index in [2.05, 4.69) is 20.4 Å². The topological polar surface area (TPSA) is 78.4 Å². The van der Waals surface area contributed by atoms with E-state index in [4.69, 9.17) is 0 Å². The van der Waals surface area contributed by atoms with Gasteiger partial charge in [-0.1, -0.05) is 53.4 Å². The first kappa shape index (κ1) is 19.8. The van der Waals surface area contributed by atoms with Gasteiger partial charge in [-0.2, -0.15) is 0 Å². The van der Waals surface area contributed by atoms with Gasteiger partial charge in [0.1, 0.15) is 5.51 Å². The number of amides is 2. The predicted molar refractivity (Wildman–Crippen MR) is 107 cm³/mol. The van der Waals surface area contributed by atoms with Gasteiger partial charge in [-0.25, -0.2) is 0 Å². The lowest BCUT2D eigenvalue weighted by molar-refractivity contribution is -0.132. The summed E-state index contributed by atoms with van der Waals surface area (Å²) in [7, 11) is 0. The lowest BCUT2D eigenvalue weighted by Gasteiger charge is -2.35. The molecule has 1 aromatic heterocycles. The van der Waals surface area contributed by atoms with Crippen LogP contribution >= 0.6 is 23.1 Å². The smallest absolute Gasteiger partial charge is 0.235 e. The summed E-state index contributed by atoms with van der Waals surface area (Å²) in [5.41, 5.74) is 2.75. The third-order valence-electron chi connectivity index (χ3n) is 4.35. The number of nitrogens with one attached hydrogen (secondary N) is 1.